The lowest BCUT2D eigenvalue weighted by molar-refractivity contribution is -0.127. The van der Waals surface area contributed by atoms with Gasteiger partial charge in [0.2, 0.25) is 10.0 Å². The van der Waals surface area contributed by atoms with Gasteiger partial charge in [0, 0.05) is 36.0 Å². The van der Waals surface area contributed by atoms with E-state index in [0.29, 0.717) is 23.0 Å². The van der Waals surface area contributed by atoms with E-state index in [1.165, 1.54) is 15.4 Å². The van der Waals surface area contributed by atoms with E-state index in [1.54, 1.807) is 30.0 Å². The third-order valence-corrected chi connectivity index (χ3v) is 7.09. The van der Waals surface area contributed by atoms with Crippen LogP contribution in [0.2, 0.25) is 5.02 Å². The van der Waals surface area contributed by atoms with Crippen LogP contribution in [0.3, 0.4) is 0 Å². The quantitative estimate of drug-likeness (QED) is 0.628. The highest BCUT2D eigenvalue weighted by Crippen LogP contribution is 2.36. The molecule has 0 saturated carbocycles. The van der Waals surface area contributed by atoms with Gasteiger partial charge in [0.15, 0.2) is 6.10 Å². The molecule has 1 amide bonds. The van der Waals surface area contributed by atoms with Crippen LogP contribution in [-0.4, -0.2) is 45.5 Å². The third-order valence-electron chi connectivity index (χ3n) is 4.64. The van der Waals surface area contributed by atoms with E-state index in [2.05, 4.69) is 30.4 Å². The summed E-state index contributed by atoms with van der Waals surface area (Å²) in [5, 5.41) is 3.30. The number of benzene rings is 2. The van der Waals surface area contributed by atoms with Gasteiger partial charge in [0.1, 0.15) is 5.75 Å². The molecule has 0 spiro atoms. The first-order valence-electron chi connectivity index (χ1n) is 9.59. The van der Waals surface area contributed by atoms with Gasteiger partial charge in [0.05, 0.1) is 11.9 Å². The Kier molecular flexibility index (Phi) is 7.55. The molecule has 0 saturated heterocycles. The number of carbonyl (C=O) groups is 1. The molecule has 2 aromatic rings. The fraction of sp³-hybridized carbons (Fsp3) is 0.381. The highest BCUT2D eigenvalue weighted by atomic mass is 35.5. The number of nitrogens with one attached hydrogen (secondary N) is 1. The monoisotopic (exact) mass is 468 g/mol. The van der Waals surface area contributed by atoms with Gasteiger partial charge in [-0.2, -0.15) is 11.8 Å². The second-order valence-corrected chi connectivity index (χ2v) is 10.6. The van der Waals surface area contributed by atoms with Crippen molar-refractivity contribution in [2.75, 3.05) is 29.4 Å². The number of hydrogen-bond donors (Lipinski definition) is 1. The molecule has 30 heavy (non-hydrogen) atoms. The molecule has 1 N–H and O–H groups in total. The molecular weight excluding hydrogens is 444 g/mol. The normalized spacial score (nSPS) is 16.4. The number of nitrogens with zero attached hydrogens (tertiary/aromatic N) is 1. The fourth-order valence-electron chi connectivity index (χ4n) is 3.23. The predicted octanol–water partition coefficient (Wildman–Crippen LogP) is 3.62. The van der Waals surface area contributed by atoms with Crippen LogP contribution in [0.1, 0.15) is 17.5 Å². The molecule has 0 aliphatic carbocycles. The van der Waals surface area contributed by atoms with Gasteiger partial charge >= 0.3 is 0 Å². The minimum Gasteiger partial charge on any atom is -0.478 e. The second kappa shape index (κ2) is 9.94. The fourth-order valence-corrected chi connectivity index (χ4v) is 5.14. The van der Waals surface area contributed by atoms with Gasteiger partial charge < -0.3 is 10.1 Å². The van der Waals surface area contributed by atoms with Crippen LogP contribution in [0.5, 0.6) is 5.75 Å². The zero-order valence-corrected chi connectivity index (χ0v) is 19.3. The Balaban J connectivity index is 1.56. The van der Waals surface area contributed by atoms with Gasteiger partial charge in [-0.05, 0) is 30.7 Å². The van der Waals surface area contributed by atoms with Crippen molar-refractivity contribution in [2.45, 2.75) is 25.2 Å². The van der Waals surface area contributed by atoms with Crippen LogP contribution >= 0.6 is 23.4 Å². The van der Waals surface area contributed by atoms with Crippen molar-refractivity contribution in [3.05, 3.63) is 58.6 Å². The van der Waals surface area contributed by atoms with Crippen molar-refractivity contribution in [1.29, 1.82) is 0 Å². The molecule has 2 aromatic carbocycles. The Bertz CT molecular complexity index is 1010. The molecule has 6 nitrogen and oxygen atoms in total. The summed E-state index contributed by atoms with van der Waals surface area (Å²) >= 11 is 7.78. The van der Waals surface area contributed by atoms with Gasteiger partial charge in [0.25, 0.3) is 5.91 Å². The first kappa shape index (κ1) is 22.8. The standard InChI is InChI=1S/C21H25ClN2O4S2/c1-15-4-3-5-16(12-15)14-29-11-9-23-21(25)20-8-10-24(30(2,26)27)18-13-17(22)6-7-19(18)28-20/h3-7,12-13,20H,8-11,14H2,1-2H3,(H,23,25)/t20-/m1/s1. The number of ether oxygens (including phenoxy) is 1. The molecule has 162 valence electrons. The summed E-state index contributed by atoms with van der Waals surface area (Å²) in [5.74, 6) is 1.74. The van der Waals surface area contributed by atoms with Crippen molar-refractivity contribution < 1.29 is 17.9 Å². The van der Waals surface area contributed by atoms with Crippen molar-refractivity contribution in [2.24, 2.45) is 0 Å². The lowest BCUT2D eigenvalue weighted by Gasteiger charge is -2.21. The number of carbonyl (C=O) groups excluding carboxylic acids is 1. The van der Waals surface area contributed by atoms with E-state index in [1.807, 2.05) is 6.07 Å². The van der Waals surface area contributed by atoms with Crippen LogP contribution in [0.4, 0.5) is 5.69 Å². The van der Waals surface area contributed by atoms with Gasteiger partial charge in [-0.3, -0.25) is 9.10 Å². The number of amides is 1. The predicted molar refractivity (Wildman–Crippen MR) is 123 cm³/mol. The number of halogens is 1. The minimum atomic E-state index is -3.52. The van der Waals surface area contributed by atoms with Gasteiger partial charge in [-0.15, -0.1) is 0 Å². The maximum Gasteiger partial charge on any atom is 0.261 e. The topological polar surface area (TPSA) is 75.7 Å². The largest absolute Gasteiger partial charge is 0.478 e. The molecule has 1 heterocycles. The number of hydrogen-bond acceptors (Lipinski definition) is 5. The summed E-state index contributed by atoms with van der Waals surface area (Å²) in [4.78, 5) is 12.6. The van der Waals surface area contributed by atoms with Crippen molar-refractivity contribution in [3.63, 3.8) is 0 Å². The minimum absolute atomic E-state index is 0.145. The summed E-state index contributed by atoms with van der Waals surface area (Å²) in [6.07, 6.45) is 0.615. The molecule has 0 unspecified atom stereocenters. The average Bonchev–Trinajstić information content (AvgIpc) is 2.87. The molecule has 0 aromatic heterocycles. The highest BCUT2D eigenvalue weighted by Gasteiger charge is 2.31. The number of rotatable bonds is 7. The Hall–Kier alpha value is -1.90. The Labute approximate surface area is 187 Å². The van der Waals surface area contributed by atoms with Gasteiger partial charge in [-0.1, -0.05) is 41.4 Å². The smallest absolute Gasteiger partial charge is 0.261 e. The van der Waals surface area contributed by atoms with E-state index in [4.69, 9.17) is 16.3 Å². The third kappa shape index (κ3) is 6.06. The summed E-state index contributed by atoms with van der Waals surface area (Å²) < 4.78 is 31.5. The van der Waals surface area contributed by atoms with Crippen molar-refractivity contribution in [1.82, 2.24) is 5.32 Å². The molecule has 9 heteroatoms. The number of anilines is 1. The molecule has 1 aliphatic rings. The van der Waals surface area contributed by atoms with Crippen molar-refractivity contribution >= 4 is 45.0 Å². The Morgan fingerprint density at radius 3 is 2.83 bits per heavy atom. The lowest BCUT2D eigenvalue weighted by Crippen LogP contribution is -2.40. The van der Waals surface area contributed by atoms with Crippen LogP contribution in [0.15, 0.2) is 42.5 Å². The first-order chi connectivity index (χ1) is 14.2. The summed E-state index contributed by atoms with van der Waals surface area (Å²) in [5.41, 5.74) is 2.85. The van der Waals surface area contributed by atoms with Crippen LogP contribution in [0.25, 0.3) is 0 Å². The lowest BCUT2D eigenvalue weighted by atomic mass is 10.2. The second-order valence-electron chi connectivity index (χ2n) is 7.18. The zero-order valence-electron chi connectivity index (χ0n) is 16.9. The van der Waals surface area contributed by atoms with E-state index < -0.39 is 16.1 Å². The SMILES string of the molecule is Cc1cccc(CSCCNC(=O)[C@H]2CCN(S(C)(=O)=O)c3cc(Cl)ccc3O2)c1. The average molecular weight is 469 g/mol. The maximum atomic E-state index is 12.6. The molecular formula is C21H25ClN2O4S2. The van der Waals surface area contributed by atoms with Crippen LogP contribution in [0, 0.1) is 6.92 Å². The Morgan fingerprint density at radius 1 is 1.30 bits per heavy atom. The molecule has 0 fully saturated rings. The number of fused-ring (bicyclic) bond motifs is 1. The maximum absolute atomic E-state index is 12.6. The van der Waals surface area contributed by atoms with E-state index in [9.17, 15) is 13.2 Å². The number of thioether (sulfide) groups is 1. The summed E-state index contributed by atoms with van der Waals surface area (Å²) in [6.45, 7) is 2.73. The van der Waals surface area contributed by atoms with Crippen LogP contribution in [-0.2, 0) is 20.6 Å². The first-order valence-corrected chi connectivity index (χ1v) is 13.0. The summed E-state index contributed by atoms with van der Waals surface area (Å²) in [6, 6.07) is 13.1. The zero-order chi connectivity index (χ0) is 21.7. The molecule has 0 radical (unpaired) electrons. The molecule has 3 rings (SSSR count). The van der Waals surface area contributed by atoms with Gasteiger partial charge in [-0.25, -0.2) is 8.42 Å². The molecule has 1 atom stereocenters. The molecule has 0 bridgehead atoms. The number of aryl methyl sites for hydroxylation is 1. The van der Waals surface area contributed by atoms with E-state index in [0.717, 1.165) is 17.8 Å². The van der Waals surface area contributed by atoms with E-state index >= 15 is 0 Å². The molecule has 1 aliphatic heterocycles. The summed E-state index contributed by atoms with van der Waals surface area (Å²) in [7, 11) is -3.52. The number of sulfonamides is 1. The van der Waals surface area contributed by atoms with Crippen LogP contribution < -0.4 is 14.4 Å². The van der Waals surface area contributed by atoms with E-state index in [-0.39, 0.29) is 18.9 Å². The Morgan fingerprint density at radius 2 is 2.10 bits per heavy atom. The van der Waals surface area contributed by atoms with Crippen molar-refractivity contribution in [3.8, 4) is 5.75 Å². The highest BCUT2D eigenvalue weighted by molar-refractivity contribution is 7.98.